The van der Waals surface area contributed by atoms with Crippen LogP contribution in [-0.4, -0.2) is 21.3 Å². The van der Waals surface area contributed by atoms with Crippen molar-refractivity contribution in [1.82, 2.24) is 9.88 Å². The lowest BCUT2D eigenvalue weighted by Gasteiger charge is -2.60. The number of nitrogens with zero attached hydrogens (tertiary/aromatic N) is 1. The molecule has 1 N–H and O–H groups in total. The van der Waals surface area contributed by atoms with Crippen molar-refractivity contribution in [2.24, 2.45) is 17.8 Å². The number of aromatic nitrogens is 1. The lowest BCUT2D eigenvalue weighted by atomic mass is 9.52. The highest BCUT2D eigenvalue weighted by molar-refractivity contribution is 6.01. The van der Waals surface area contributed by atoms with Gasteiger partial charge in [-0.25, -0.2) is 0 Å². The van der Waals surface area contributed by atoms with Crippen LogP contribution in [0.4, 0.5) is 0 Å². The van der Waals surface area contributed by atoms with E-state index < -0.39 is 0 Å². The summed E-state index contributed by atoms with van der Waals surface area (Å²) in [6.07, 6.45) is 9.95. The van der Waals surface area contributed by atoms with E-state index in [2.05, 4.69) is 52.5 Å². The maximum absolute atomic E-state index is 13.9. The third-order valence-electron chi connectivity index (χ3n) is 8.40. The van der Waals surface area contributed by atoms with Crippen LogP contribution in [0.25, 0.3) is 10.9 Å². The van der Waals surface area contributed by atoms with Gasteiger partial charge >= 0.3 is 0 Å². The van der Waals surface area contributed by atoms with Crippen molar-refractivity contribution in [3.05, 3.63) is 71.4 Å². The second-order valence-electron chi connectivity index (χ2n) is 10.1. The van der Waals surface area contributed by atoms with Crippen molar-refractivity contribution < 1.29 is 4.79 Å². The normalized spacial score (nSPS) is 34.9. The van der Waals surface area contributed by atoms with Crippen molar-refractivity contribution in [1.29, 1.82) is 0 Å². The minimum Gasteiger partial charge on any atom is -0.361 e. The number of rotatable bonds is 2. The number of amides is 1. The lowest BCUT2D eigenvalue weighted by Crippen LogP contribution is -2.60. The Labute approximate surface area is 171 Å². The molecule has 146 valence electrons. The smallest absolute Gasteiger partial charge is 0.255 e. The molecule has 2 heterocycles. The van der Waals surface area contributed by atoms with E-state index in [0.29, 0.717) is 0 Å². The summed E-state index contributed by atoms with van der Waals surface area (Å²) < 4.78 is 0. The maximum atomic E-state index is 13.9. The fourth-order valence-electron chi connectivity index (χ4n) is 7.79. The minimum absolute atomic E-state index is 0.0334. The van der Waals surface area contributed by atoms with Crippen molar-refractivity contribution in [3.63, 3.8) is 0 Å². The average molecular weight is 383 g/mol. The van der Waals surface area contributed by atoms with Crippen molar-refractivity contribution in [3.8, 4) is 0 Å². The van der Waals surface area contributed by atoms with Crippen LogP contribution in [0.3, 0.4) is 0 Å². The zero-order valence-corrected chi connectivity index (χ0v) is 16.6. The van der Waals surface area contributed by atoms with Crippen LogP contribution < -0.4 is 0 Å². The molecule has 0 radical (unpaired) electrons. The summed E-state index contributed by atoms with van der Waals surface area (Å²) in [5.74, 6) is 2.72. The highest BCUT2D eigenvalue weighted by atomic mass is 16.2. The van der Waals surface area contributed by atoms with E-state index >= 15 is 0 Å². The van der Waals surface area contributed by atoms with Gasteiger partial charge < -0.3 is 9.88 Å². The number of carbonyl (C=O) groups is 1. The van der Waals surface area contributed by atoms with Crippen molar-refractivity contribution in [2.45, 2.75) is 50.1 Å². The third kappa shape index (κ3) is 2.11. The molecular weight excluding hydrogens is 356 g/mol. The van der Waals surface area contributed by atoms with E-state index in [0.717, 1.165) is 28.8 Å². The Morgan fingerprint density at radius 2 is 1.48 bits per heavy atom. The number of benzene rings is 2. The van der Waals surface area contributed by atoms with E-state index in [4.69, 9.17) is 0 Å². The van der Waals surface area contributed by atoms with Crippen molar-refractivity contribution in [2.75, 3.05) is 0 Å². The van der Waals surface area contributed by atoms with Crippen molar-refractivity contribution >= 4 is 16.8 Å². The topological polar surface area (TPSA) is 36.1 Å². The molecule has 5 aliphatic rings. The van der Waals surface area contributed by atoms with Crippen LogP contribution in [0.15, 0.2) is 54.7 Å². The monoisotopic (exact) mass is 382 g/mol. The summed E-state index contributed by atoms with van der Waals surface area (Å²) in [4.78, 5) is 19.7. The number of nitrogens with one attached hydrogen (secondary N) is 1. The Balaban J connectivity index is 1.44. The second-order valence-corrected chi connectivity index (χ2v) is 10.1. The summed E-state index contributed by atoms with van der Waals surface area (Å²) in [6, 6.07) is 16.9. The SMILES string of the molecule is O=C1c2ccccc2[C@H](c2c[nH]c3ccccc23)N1C12CC3CC(CC(C3)C1)C2. The first-order chi connectivity index (χ1) is 14.2. The largest absolute Gasteiger partial charge is 0.361 e. The fraction of sp³-hybridized carbons (Fsp3) is 0.423. The first-order valence-electron chi connectivity index (χ1n) is 11.2. The van der Waals surface area contributed by atoms with E-state index in [-0.39, 0.29) is 17.5 Å². The van der Waals surface area contributed by atoms with Gasteiger partial charge in [0.2, 0.25) is 0 Å². The molecule has 1 aliphatic heterocycles. The van der Waals surface area contributed by atoms with Gasteiger partial charge in [0, 0.05) is 33.8 Å². The van der Waals surface area contributed by atoms with Gasteiger partial charge in [-0.2, -0.15) is 0 Å². The number of aromatic amines is 1. The Morgan fingerprint density at radius 1 is 0.828 bits per heavy atom. The van der Waals surface area contributed by atoms with Gasteiger partial charge in [0.15, 0.2) is 0 Å². The van der Waals surface area contributed by atoms with Crippen LogP contribution in [-0.2, 0) is 0 Å². The maximum Gasteiger partial charge on any atom is 0.255 e. The molecule has 8 rings (SSSR count). The highest BCUT2D eigenvalue weighted by Crippen LogP contribution is 2.61. The van der Waals surface area contributed by atoms with Crippen LogP contribution >= 0.6 is 0 Å². The van der Waals surface area contributed by atoms with E-state index in [1.165, 1.54) is 55.0 Å². The molecule has 0 saturated heterocycles. The number of hydrogen-bond donors (Lipinski definition) is 1. The zero-order chi connectivity index (χ0) is 19.2. The van der Waals surface area contributed by atoms with Gasteiger partial charge in [-0.1, -0.05) is 36.4 Å². The Morgan fingerprint density at radius 3 is 2.24 bits per heavy atom. The van der Waals surface area contributed by atoms with Gasteiger partial charge in [-0.05, 0) is 74.0 Å². The van der Waals surface area contributed by atoms with E-state index in [9.17, 15) is 4.79 Å². The predicted molar refractivity (Wildman–Crippen MR) is 114 cm³/mol. The lowest BCUT2D eigenvalue weighted by molar-refractivity contribution is -0.0806. The number of carbonyl (C=O) groups excluding carboxylic acids is 1. The molecule has 3 nitrogen and oxygen atoms in total. The van der Waals surface area contributed by atoms with Gasteiger partial charge in [0.1, 0.15) is 0 Å². The Bertz CT molecular complexity index is 1110. The van der Waals surface area contributed by atoms with Gasteiger partial charge in [0.05, 0.1) is 6.04 Å². The predicted octanol–water partition coefficient (Wildman–Crippen LogP) is 5.68. The van der Waals surface area contributed by atoms with Gasteiger partial charge in [0.25, 0.3) is 5.91 Å². The molecule has 2 aromatic carbocycles. The summed E-state index contributed by atoms with van der Waals surface area (Å²) in [7, 11) is 0. The number of H-pyrrole nitrogens is 1. The number of fused-ring (bicyclic) bond motifs is 2. The molecule has 0 spiro atoms. The van der Waals surface area contributed by atoms with Crippen LogP contribution in [0.2, 0.25) is 0 Å². The Hall–Kier alpha value is -2.55. The summed E-state index contributed by atoms with van der Waals surface area (Å²) in [6.45, 7) is 0. The summed E-state index contributed by atoms with van der Waals surface area (Å²) >= 11 is 0. The molecule has 1 aromatic heterocycles. The van der Waals surface area contributed by atoms with E-state index in [1.807, 2.05) is 12.1 Å². The summed E-state index contributed by atoms with van der Waals surface area (Å²) in [5, 5.41) is 1.25. The fourth-order valence-corrected chi connectivity index (χ4v) is 7.79. The highest BCUT2D eigenvalue weighted by Gasteiger charge is 2.58. The standard InChI is InChI=1S/C26H26N2O/c29-25-21-7-2-1-6-20(21)24(22-15-27-23-8-4-3-5-19(22)23)28(25)26-12-16-9-17(13-26)11-18(10-16)14-26/h1-8,15-18,24,27H,9-14H2/t16?,17?,18?,24-,26?/m1/s1. The molecule has 4 bridgehead atoms. The first kappa shape index (κ1) is 16.3. The quantitative estimate of drug-likeness (QED) is 0.608. The molecule has 3 aromatic rings. The molecule has 4 fully saturated rings. The first-order valence-corrected chi connectivity index (χ1v) is 11.2. The minimum atomic E-state index is 0.0334. The molecule has 3 heteroatoms. The van der Waals surface area contributed by atoms with Crippen LogP contribution in [0.1, 0.15) is 66.1 Å². The van der Waals surface area contributed by atoms with E-state index in [1.54, 1.807) is 0 Å². The third-order valence-corrected chi connectivity index (χ3v) is 8.40. The molecule has 4 aliphatic carbocycles. The number of para-hydroxylation sites is 1. The van der Waals surface area contributed by atoms with Crippen LogP contribution in [0.5, 0.6) is 0 Å². The summed E-state index contributed by atoms with van der Waals surface area (Å²) in [5.41, 5.74) is 4.57. The van der Waals surface area contributed by atoms with Crippen LogP contribution in [0, 0.1) is 17.8 Å². The molecule has 1 atom stereocenters. The zero-order valence-electron chi connectivity index (χ0n) is 16.6. The molecule has 29 heavy (non-hydrogen) atoms. The second kappa shape index (κ2) is 5.53. The molecule has 1 amide bonds. The molecular formula is C26H26N2O. The Kier molecular flexibility index (Phi) is 3.10. The molecule has 4 saturated carbocycles. The van der Waals surface area contributed by atoms with Gasteiger partial charge in [-0.3, -0.25) is 4.79 Å². The van der Waals surface area contributed by atoms with Gasteiger partial charge in [-0.15, -0.1) is 0 Å². The molecule has 0 unspecified atom stereocenters. The number of hydrogen-bond acceptors (Lipinski definition) is 1. The average Bonchev–Trinajstić information content (AvgIpc) is 3.26.